The molecule has 2 aromatic carbocycles. The Kier molecular flexibility index (Phi) is 11.7. The molecule has 6 N–H and O–H groups in total. The van der Waals surface area contributed by atoms with Crippen molar-refractivity contribution in [2.75, 3.05) is 13.2 Å². The van der Waals surface area contributed by atoms with Crippen molar-refractivity contribution in [3.05, 3.63) is 82.9 Å². The van der Waals surface area contributed by atoms with Gasteiger partial charge in [-0.05, 0) is 56.5 Å². The summed E-state index contributed by atoms with van der Waals surface area (Å²) >= 11 is 0. The van der Waals surface area contributed by atoms with Crippen LogP contribution >= 0.6 is 0 Å². The Morgan fingerprint density at radius 1 is 0.984 bits per heavy atom. The molecule has 2 aliphatic heterocycles. The summed E-state index contributed by atoms with van der Waals surface area (Å²) in [5.74, 6) is -3.85. The summed E-state index contributed by atoms with van der Waals surface area (Å²) in [6.45, 7) is 13.0. The zero-order valence-corrected chi connectivity index (χ0v) is 35.8. The van der Waals surface area contributed by atoms with E-state index in [4.69, 9.17) is 38.9 Å². The van der Waals surface area contributed by atoms with Gasteiger partial charge in [-0.3, -0.25) is 4.79 Å². The average Bonchev–Trinajstić information content (AvgIpc) is 3.62. The number of ether oxygens (including phenoxy) is 7. The van der Waals surface area contributed by atoms with E-state index in [-0.39, 0.29) is 25.1 Å². The van der Waals surface area contributed by atoms with Crippen molar-refractivity contribution in [2.45, 2.75) is 140 Å². The largest absolute Gasteiger partial charge is 0.456 e. The van der Waals surface area contributed by atoms with Crippen molar-refractivity contribution in [1.29, 1.82) is 0 Å². The van der Waals surface area contributed by atoms with Gasteiger partial charge >= 0.3 is 24.0 Å². The molecule has 13 atom stereocenters. The SMILES string of the molecule is CC(=O)O[C@@]12CO[C@@H]1C[C@H](O)[C@@]1(C)[C@@H]3OC(CN)O[C@@H]3C3=C(C)[C@@H](OC(=O)[C@H](O)[C@H](NC(=O)OC(C)(C)C)c4ccccc4)C[C@@](O)([C@@H](OC(=O)c4ccccc4)[C@H]21)C3(C)C. The van der Waals surface area contributed by atoms with E-state index in [9.17, 15) is 34.5 Å². The smallest absolute Gasteiger partial charge is 0.408 e. The number of carbonyl (C=O) groups is 4. The molecule has 1 unspecified atom stereocenters. The van der Waals surface area contributed by atoms with Crippen LogP contribution in [0.1, 0.15) is 90.2 Å². The van der Waals surface area contributed by atoms with Crippen LogP contribution in [0.15, 0.2) is 71.8 Å². The normalized spacial score (nSPS) is 35.9. The van der Waals surface area contributed by atoms with Crippen LogP contribution in [0.25, 0.3) is 0 Å². The number of hydrogen-bond acceptors (Lipinski definition) is 15. The zero-order valence-electron chi connectivity index (χ0n) is 35.8. The number of benzene rings is 2. The van der Waals surface area contributed by atoms with E-state index in [1.54, 1.807) is 109 Å². The lowest BCUT2D eigenvalue weighted by Gasteiger charge is -2.68. The number of hydrogen-bond donors (Lipinski definition) is 5. The first-order valence-corrected chi connectivity index (χ1v) is 20.7. The van der Waals surface area contributed by atoms with Crippen LogP contribution in [0.5, 0.6) is 0 Å². The Bertz CT molecular complexity index is 2040. The highest BCUT2D eigenvalue weighted by Crippen LogP contribution is 2.66. The molecule has 5 aliphatic rings. The van der Waals surface area contributed by atoms with Gasteiger partial charge in [0.15, 0.2) is 18.0 Å². The van der Waals surface area contributed by atoms with E-state index in [1.165, 1.54) is 6.92 Å². The van der Waals surface area contributed by atoms with Crippen molar-refractivity contribution in [3.63, 3.8) is 0 Å². The second-order valence-electron chi connectivity index (χ2n) is 18.7. The van der Waals surface area contributed by atoms with Crippen LogP contribution in [-0.2, 0) is 42.7 Å². The number of nitrogens with two attached hydrogens (primary N) is 1. The molecule has 0 aromatic heterocycles. The maximum absolute atomic E-state index is 14.4. The standard InChI is InChI=1S/C45H58N2O14/c1-23-27(56-39(52)33(50)32(25-15-11-9-12-16-25)47-40(53)61-41(3,4)5)20-45(54)37(59-38(51)26-17-13-10-14-18-26)35-43(8,28(49)19-29-44(35,22-55-29)60-24(2)48)36-34(31(23)42(45,6)7)57-30(21-46)58-36/h9-18,27-30,32-37,49-50,54H,19-22,46H2,1-8H3,(H,47,53)/t27-,28-,29+,30?,32+,33+,34+,35-,36+,37-,43+,44-,45+/m0/s1. The summed E-state index contributed by atoms with van der Waals surface area (Å²) < 4.78 is 43.6. The van der Waals surface area contributed by atoms with Crippen molar-refractivity contribution in [2.24, 2.45) is 22.5 Å². The molecule has 2 heterocycles. The minimum atomic E-state index is -2.19. The van der Waals surface area contributed by atoms with Crippen LogP contribution < -0.4 is 11.1 Å². The first kappa shape index (κ1) is 44.6. The summed E-state index contributed by atoms with van der Waals surface area (Å²) in [7, 11) is 0. The monoisotopic (exact) mass is 850 g/mol. The third-order valence-electron chi connectivity index (χ3n) is 13.5. The van der Waals surface area contributed by atoms with Crippen LogP contribution in [0.3, 0.4) is 0 Å². The number of rotatable bonds is 9. The number of amides is 1. The third-order valence-corrected chi connectivity index (χ3v) is 13.5. The fraction of sp³-hybridized carbons (Fsp3) is 0.600. The highest BCUT2D eigenvalue weighted by atomic mass is 16.7. The fourth-order valence-corrected chi connectivity index (χ4v) is 10.6. The molecule has 0 spiro atoms. The molecule has 3 aliphatic carbocycles. The maximum Gasteiger partial charge on any atom is 0.408 e. The maximum atomic E-state index is 14.4. The Balaban J connectivity index is 1.38. The second kappa shape index (κ2) is 16.0. The molecule has 332 valence electrons. The van der Waals surface area contributed by atoms with Gasteiger partial charge in [-0.25, -0.2) is 14.4 Å². The number of esters is 3. The van der Waals surface area contributed by atoms with Gasteiger partial charge in [0.2, 0.25) is 0 Å². The molecule has 0 radical (unpaired) electrons. The highest BCUT2D eigenvalue weighted by molar-refractivity contribution is 5.89. The van der Waals surface area contributed by atoms with E-state index in [1.807, 2.05) is 0 Å². The van der Waals surface area contributed by atoms with Crippen LogP contribution in [0.2, 0.25) is 0 Å². The minimum Gasteiger partial charge on any atom is -0.456 e. The van der Waals surface area contributed by atoms with E-state index in [0.717, 1.165) is 0 Å². The number of fused-ring (bicyclic) bond motifs is 8. The topological polar surface area (TPSA) is 232 Å². The highest BCUT2D eigenvalue weighted by Gasteiger charge is 2.79. The van der Waals surface area contributed by atoms with Gasteiger partial charge in [0.1, 0.15) is 35.6 Å². The lowest BCUT2D eigenvalue weighted by molar-refractivity contribution is -0.362. The van der Waals surface area contributed by atoms with Crippen molar-refractivity contribution >= 4 is 24.0 Å². The molecule has 61 heavy (non-hydrogen) atoms. The van der Waals surface area contributed by atoms with Gasteiger partial charge in [-0.15, -0.1) is 0 Å². The predicted molar refractivity (Wildman–Crippen MR) is 215 cm³/mol. The number of carbonyl (C=O) groups excluding carboxylic acids is 4. The quantitative estimate of drug-likeness (QED) is 0.138. The summed E-state index contributed by atoms with van der Waals surface area (Å²) in [5.41, 5.74) is 0.101. The number of alkyl carbamates (subject to hydrolysis) is 1. The van der Waals surface area contributed by atoms with E-state index in [2.05, 4.69) is 5.32 Å². The summed E-state index contributed by atoms with van der Waals surface area (Å²) in [6, 6.07) is 15.2. The fourth-order valence-electron chi connectivity index (χ4n) is 10.6. The van der Waals surface area contributed by atoms with E-state index < -0.39 is 119 Å². The molecule has 2 saturated heterocycles. The molecule has 2 aromatic rings. The van der Waals surface area contributed by atoms with Gasteiger partial charge < -0.3 is 59.5 Å². The average molecular weight is 851 g/mol. The van der Waals surface area contributed by atoms with E-state index >= 15 is 0 Å². The first-order valence-electron chi connectivity index (χ1n) is 20.7. The molecular formula is C45H58N2O14. The molecule has 4 fully saturated rings. The molecule has 7 rings (SSSR count). The van der Waals surface area contributed by atoms with Gasteiger partial charge in [0, 0.05) is 37.1 Å². The lowest BCUT2D eigenvalue weighted by atomic mass is 9.44. The Morgan fingerprint density at radius 2 is 1.62 bits per heavy atom. The molecule has 16 heteroatoms. The van der Waals surface area contributed by atoms with Crippen LogP contribution in [-0.4, -0.2) is 118 Å². The molecule has 16 nitrogen and oxygen atoms in total. The van der Waals surface area contributed by atoms with Crippen molar-refractivity contribution < 1.29 is 67.7 Å². The number of nitrogens with one attached hydrogen (secondary N) is 1. The summed E-state index contributed by atoms with van der Waals surface area (Å²) in [4.78, 5) is 54.8. The third kappa shape index (κ3) is 7.53. The van der Waals surface area contributed by atoms with Gasteiger partial charge in [-0.2, -0.15) is 0 Å². The van der Waals surface area contributed by atoms with Crippen molar-refractivity contribution in [3.8, 4) is 0 Å². The molecule has 1 amide bonds. The van der Waals surface area contributed by atoms with E-state index in [0.29, 0.717) is 16.7 Å². The number of aliphatic hydroxyl groups excluding tert-OH is 2. The molecular weight excluding hydrogens is 792 g/mol. The number of aliphatic hydroxyl groups is 3. The van der Waals surface area contributed by atoms with Gasteiger partial charge in [0.25, 0.3) is 0 Å². The second-order valence-corrected chi connectivity index (χ2v) is 18.7. The first-order chi connectivity index (χ1) is 28.6. The van der Waals surface area contributed by atoms with Crippen LogP contribution in [0, 0.1) is 16.7 Å². The van der Waals surface area contributed by atoms with Crippen LogP contribution in [0.4, 0.5) is 4.79 Å². The Hall–Kier alpha value is -4.42. The zero-order chi connectivity index (χ0) is 44.4. The van der Waals surface area contributed by atoms with Gasteiger partial charge in [0.05, 0.1) is 36.3 Å². The molecule has 2 saturated carbocycles. The predicted octanol–water partition coefficient (Wildman–Crippen LogP) is 3.40. The minimum absolute atomic E-state index is 0.0113. The van der Waals surface area contributed by atoms with Gasteiger partial charge in [-0.1, -0.05) is 69.3 Å². The Labute approximate surface area is 355 Å². The Morgan fingerprint density at radius 3 is 2.20 bits per heavy atom. The lowest BCUT2D eigenvalue weighted by Crippen LogP contribution is -2.82. The van der Waals surface area contributed by atoms with Crippen molar-refractivity contribution in [1.82, 2.24) is 5.32 Å². The molecule has 2 bridgehead atoms. The summed E-state index contributed by atoms with van der Waals surface area (Å²) in [5, 5.41) is 40.4. The summed E-state index contributed by atoms with van der Waals surface area (Å²) in [6.07, 6.45) is -11.4.